The second-order valence-corrected chi connectivity index (χ2v) is 12.6. The zero-order valence-corrected chi connectivity index (χ0v) is 27.3. The summed E-state index contributed by atoms with van der Waals surface area (Å²) in [5, 5.41) is 2.10. The van der Waals surface area contributed by atoms with Crippen LogP contribution in [0.4, 0.5) is 0 Å². The number of hydrogen-bond donors (Lipinski definition) is 0. The molecular formula is C50H32O. The van der Waals surface area contributed by atoms with Crippen LogP contribution in [0.1, 0.15) is 11.0 Å². The predicted molar refractivity (Wildman–Crippen MR) is 216 cm³/mol. The summed E-state index contributed by atoms with van der Waals surface area (Å²) in [4.78, 5) is 0. The first-order valence-corrected chi connectivity index (χ1v) is 16.9. The van der Waals surface area contributed by atoms with Gasteiger partial charge in [0.2, 0.25) is 0 Å². The molecule has 0 aliphatic carbocycles. The van der Waals surface area contributed by atoms with Crippen LogP contribution in [-0.4, -0.2) is 0 Å². The zero-order valence-electron chi connectivity index (χ0n) is 35.3. The number of hydrogen-bond acceptors (Lipinski definition) is 1. The third kappa shape index (κ3) is 4.94. The molecule has 1 heteroatoms. The molecule has 9 aromatic carbocycles. The summed E-state index contributed by atoms with van der Waals surface area (Å²) in [5.74, 6) is 0. The van der Waals surface area contributed by atoms with E-state index in [0.717, 1.165) is 33.2 Å². The van der Waals surface area contributed by atoms with Crippen LogP contribution in [0.25, 0.3) is 99.1 Å². The Morgan fingerprint density at radius 3 is 1.33 bits per heavy atom. The second kappa shape index (κ2) is 12.0. The van der Waals surface area contributed by atoms with Crippen LogP contribution in [0.3, 0.4) is 0 Å². The van der Waals surface area contributed by atoms with Crippen LogP contribution in [0, 0.1) is 0 Å². The van der Waals surface area contributed by atoms with Crippen molar-refractivity contribution in [2.75, 3.05) is 0 Å². The van der Waals surface area contributed by atoms with Crippen LogP contribution in [0.15, 0.2) is 198 Å². The van der Waals surface area contributed by atoms with Crippen molar-refractivity contribution >= 4 is 43.5 Å². The molecule has 1 nitrogen and oxygen atoms in total. The standard InChI is InChI=1S/C50H32O/c1-3-12-33(13-4-1)34-22-24-35(25-23-34)36-26-28-37(29-27-36)39-30-31-46-45(32-39)50-44(20-11-21-47(50)51-46)49-42-18-9-7-16-40(42)48(38-14-5-2-6-15-38)41-17-8-10-19-43(41)49/h1-32H/i7D,8D,9D,10D,16D,17D,18D,19D. The Hall–Kier alpha value is -6.70. The van der Waals surface area contributed by atoms with Gasteiger partial charge in [-0.3, -0.25) is 0 Å². The van der Waals surface area contributed by atoms with E-state index in [-0.39, 0.29) is 51.3 Å². The summed E-state index contributed by atoms with van der Waals surface area (Å²) in [5.41, 5.74) is 9.24. The Balaban J connectivity index is 1.22. The summed E-state index contributed by atoms with van der Waals surface area (Å²) in [6.45, 7) is 0. The summed E-state index contributed by atoms with van der Waals surface area (Å²) in [6.07, 6.45) is 0. The van der Waals surface area contributed by atoms with Gasteiger partial charge in [0.1, 0.15) is 11.2 Å². The molecule has 0 spiro atoms. The van der Waals surface area contributed by atoms with E-state index in [9.17, 15) is 5.48 Å². The zero-order chi connectivity index (χ0) is 40.7. The van der Waals surface area contributed by atoms with E-state index >= 15 is 0 Å². The maximum absolute atomic E-state index is 9.37. The Morgan fingerprint density at radius 2 is 0.784 bits per heavy atom. The minimum absolute atomic E-state index is 0.165. The summed E-state index contributed by atoms with van der Waals surface area (Å²) < 4.78 is 78.8. The largest absolute Gasteiger partial charge is 0.456 e. The van der Waals surface area contributed by atoms with Crippen LogP contribution in [-0.2, 0) is 0 Å². The molecule has 51 heavy (non-hydrogen) atoms. The van der Waals surface area contributed by atoms with Crippen LogP contribution >= 0.6 is 0 Å². The molecule has 0 bridgehead atoms. The lowest BCUT2D eigenvalue weighted by Gasteiger charge is -2.18. The SMILES string of the molecule is [2H]c1c([2H])c([2H])c2c(-c3cccc4oc5ccc(-c6ccc(-c7ccc(-c8ccccc8)cc7)cc6)cc5c34)c3c([2H])c([2H])c([2H])c([2H])c3c(-c3ccccc3)c2c1[2H]. The highest BCUT2D eigenvalue weighted by Gasteiger charge is 2.20. The van der Waals surface area contributed by atoms with E-state index in [2.05, 4.69) is 60.7 Å². The molecule has 10 rings (SSSR count). The van der Waals surface area contributed by atoms with E-state index in [1.54, 1.807) is 30.3 Å². The molecule has 0 aliphatic rings. The highest BCUT2D eigenvalue weighted by atomic mass is 16.3. The maximum atomic E-state index is 9.37. The Morgan fingerprint density at radius 1 is 0.333 bits per heavy atom. The van der Waals surface area contributed by atoms with Crippen molar-refractivity contribution in [1.82, 2.24) is 0 Å². The highest BCUT2D eigenvalue weighted by Crippen LogP contribution is 2.47. The molecule has 0 saturated heterocycles. The molecule has 10 aromatic rings. The third-order valence-electron chi connectivity index (χ3n) is 9.75. The Bertz CT molecular complexity index is 3240. The van der Waals surface area contributed by atoms with E-state index in [0.29, 0.717) is 33.2 Å². The van der Waals surface area contributed by atoms with Crippen LogP contribution < -0.4 is 0 Å². The molecule has 0 unspecified atom stereocenters. The minimum atomic E-state index is -0.440. The average Bonchev–Trinajstić information content (AvgIpc) is 3.67. The normalized spacial score (nSPS) is 13.7. The number of fused-ring (bicyclic) bond motifs is 5. The van der Waals surface area contributed by atoms with Crippen molar-refractivity contribution < 1.29 is 15.4 Å². The first kappa shape index (κ1) is 22.1. The lowest BCUT2D eigenvalue weighted by Crippen LogP contribution is -1.91. The molecule has 0 atom stereocenters. The van der Waals surface area contributed by atoms with Gasteiger partial charge in [-0.05, 0) is 95.4 Å². The van der Waals surface area contributed by atoms with Crippen molar-refractivity contribution in [2.45, 2.75) is 0 Å². The van der Waals surface area contributed by atoms with Gasteiger partial charge < -0.3 is 4.42 Å². The van der Waals surface area contributed by atoms with Crippen molar-refractivity contribution in [3.8, 4) is 55.6 Å². The van der Waals surface area contributed by atoms with Gasteiger partial charge in [0.25, 0.3) is 0 Å². The minimum Gasteiger partial charge on any atom is -0.456 e. The number of benzene rings is 9. The van der Waals surface area contributed by atoms with Crippen molar-refractivity contribution in [3.63, 3.8) is 0 Å². The molecule has 0 saturated carbocycles. The van der Waals surface area contributed by atoms with Crippen LogP contribution in [0.5, 0.6) is 0 Å². The smallest absolute Gasteiger partial charge is 0.136 e. The predicted octanol–water partition coefficient (Wildman–Crippen LogP) is 14.2. The molecule has 0 N–H and O–H groups in total. The summed E-state index contributed by atoms with van der Waals surface area (Å²) >= 11 is 0. The third-order valence-corrected chi connectivity index (χ3v) is 9.75. The molecule has 0 fully saturated rings. The number of rotatable bonds is 5. The van der Waals surface area contributed by atoms with E-state index in [4.69, 9.17) is 9.90 Å². The van der Waals surface area contributed by atoms with Gasteiger partial charge in [-0.2, -0.15) is 0 Å². The lowest BCUT2D eigenvalue weighted by molar-refractivity contribution is 0.669. The maximum Gasteiger partial charge on any atom is 0.136 e. The highest BCUT2D eigenvalue weighted by molar-refractivity contribution is 6.25. The Labute approximate surface area is 307 Å². The van der Waals surface area contributed by atoms with E-state index < -0.39 is 24.2 Å². The Kier molecular flexibility index (Phi) is 5.21. The quantitative estimate of drug-likeness (QED) is 0.168. The fraction of sp³-hybridized carbons (Fsp3) is 0. The topological polar surface area (TPSA) is 13.1 Å². The molecular weight excluding hydrogens is 617 g/mol. The lowest BCUT2D eigenvalue weighted by atomic mass is 9.85. The van der Waals surface area contributed by atoms with Crippen LogP contribution in [0.2, 0.25) is 0 Å². The van der Waals surface area contributed by atoms with E-state index in [1.807, 2.05) is 54.6 Å². The molecule has 238 valence electrons. The first-order chi connectivity index (χ1) is 28.6. The van der Waals surface area contributed by atoms with Gasteiger partial charge in [0.15, 0.2) is 0 Å². The van der Waals surface area contributed by atoms with Gasteiger partial charge in [0.05, 0.1) is 11.0 Å². The monoisotopic (exact) mass is 656 g/mol. The second-order valence-electron chi connectivity index (χ2n) is 12.6. The van der Waals surface area contributed by atoms with Gasteiger partial charge >= 0.3 is 0 Å². The molecule has 0 aliphatic heterocycles. The van der Waals surface area contributed by atoms with Gasteiger partial charge in [0, 0.05) is 10.8 Å². The summed E-state index contributed by atoms with van der Waals surface area (Å²) in [7, 11) is 0. The van der Waals surface area contributed by atoms with Crippen molar-refractivity contribution in [3.05, 3.63) is 194 Å². The van der Waals surface area contributed by atoms with Crippen molar-refractivity contribution in [2.24, 2.45) is 0 Å². The summed E-state index contributed by atoms with van der Waals surface area (Å²) in [6, 6.07) is 44.6. The van der Waals surface area contributed by atoms with E-state index in [1.165, 1.54) is 5.56 Å². The fourth-order valence-corrected chi connectivity index (χ4v) is 7.34. The van der Waals surface area contributed by atoms with Gasteiger partial charge in [-0.15, -0.1) is 0 Å². The molecule has 0 amide bonds. The molecule has 0 radical (unpaired) electrons. The molecule has 1 aromatic heterocycles. The van der Waals surface area contributed by atoms with Gasteiger partial charge in [-0.25, -0.2) is 0 Å². The van der Waals surface area contributed by atoms with Crippen molar-refractivity contribution in [1.29, 1.82) is 0 Å². The average molecular weight is 657 g/mol. The van der Waals surface area contributed by atoms with Gasteiger partial charge in [-0.1, -0.05) is 176 Å². The molecule has 1 heterocycles. The number of furan rings is 1. The fourth-order valence-electron chi connectivity index (χ4n) is 7.34. The first-order valence-electron chi connectivity index (χ1n) is 20.9.